The maximum atomic E-state index is 12.6. The molecule has 2 N–H and O–H groups in total. The highest BCUT2D eigenvalue weighted by Crippen LogP contribution is 2.19. The number of anilines is 2. The molecule has 4 aromatic rings. The number of tetrazole rings is 1. The zero-order valence-corrected chi connectivity index (χ0v) is 16.1. The number of aryl methyl sites for hydroxylation is 1. The molecular formula is C22H18N6O2. The number of nitrogens with one attached hydrogen (secondary N) is 2. The van der Waals surface area contributed by atoms with E-state index >= 15 is 0 Å². The van der Waals surface area contributed by atoms with Crippen LogP contribution in [0.25, 0.3) is 5.69 Å². The number of benzene rings is 3. The Morgan fingerprint density at radius 3 is 2.10 bits per heavy atom. The van der Waals surface area contributed by atoms with E-state index in [-0.39, 0.29) is 11.8 Å². The molecule has 0 aliphatic rings. The van der Waals surface area contributed by atoms with Crippen molar-refractivity contribution in [2.24, 2.45) is 0 Å². The summed E-state index contributed by atoms with van der Waals surface area (Å²) in [6, 6.07) is 21.1. The van der Waals surface area contributed by atoms with Crippen molar-refractivity contribution >= 4 is 23.2 Å². The number of hydrogen-bond acceptors (Lipinski definition) is 5. The first-order chi connectivity index (χ1) is 14.6. The Balaban J connectivity index is 1.44. The lowest BCUT2D eigenvalue weighted by Gasteiger charge is -2.10. The Morgan fingerprint density at radius 1 is 0.800 bits per heavy atom. The molecule has 3 aromatic carbocycles. The van der Waals surface area contributed by atoms with Crippen molar-refractivity contribution in [3.63, 3.8) is 0 Å². The summed E-state index contributed by atoms with van der Waals surface area (Å²) in [7, 11) is 0. The minimum atomic E-state index is -0.262. The summed E-state index contributed by atoms with van der Waals surface area (Å²) in [5.41, 5.74) is 4.01. The van der Waals surface area contributed by atoms with Gasteiger partial charge in [-0.2, -0.15) is 0 Å². The SMILES string of the molecule is Cc1ccc(NC(=O)c2ccc(NC(=O)c3ccccc3)cc2)cc1-n1cnnn1. The monoisotopic (exact) mass is 398 g/mol. The van der Waals surface area contributed by atoms with Crippen LogP contribution in [0.3, 0.4) is 0 Å². The first-order valence-corrected chi connectivity index (χ1v) is 9.22. The molecule has 0 bridgehead atoms. The lowest BCUT2D eigenvalue weighted by Crippen LogP contribution is -2.14. The molecule has 4 rings (SSSR count). The molecule has 8 nitrogen and oxygen atoms in total. The van der Waals surface area contributed by atoms with Gasteiger partial charge in [0.2, 0.25) is 0 Å². The predicted molar refractivity (Wildman–Crippen MR) is 113 cm³/mol. The summed E-state index contributed by atoms with van der Waals surface area (Å²) in [5.74, 6) is -0.468. The van der Waals surface area contributed by atoms with Gasteiger partial charge >= 0.3 is 0 Å². The van der Waals surface area contributed by atoms with E-state index in [2.05, 4.69) is 26.2 Å². The Kier molecular flexibility index (Phi) is 5.29. The number of rotatable bonds is 5. The fourth-order valence-corrected chi connectivity index (χ4v) is 2.91. The van der Waals surface area contributed by atoms with Gasteiger partial charge in [-0.25, -0.2) is 4.68 Å². The van der Waals surface area contributed by atoms with Crippen LogP contribution in [0.5, 0.6) is 0 Å². The van der Waals surface area contributed by atoms with E-state index in [4.69, 9.17) is 0 Å². The number of aromatic nitrogens is 4. The van der Waals surface area contributed by atoms with E-state index in [1.165, 1.54) is 11.0 Å². The largest absolute Gasteiger partial charge is 0.322 e. The topological polar surface area (TPSA) is 102 Å². The molecule has 0 unspecified atom stereocenters. The minimum Gasteiger partial charge on any atom is -0.322 e. The Bertz CT molecular complexity index is 1170. The van der Waals surface area contributed by atoms with Crippen molar-refractivity contribution in [1.29, 1.82) is 0 Å². The van der Waals surface area contributed by atoms with Crippen molar-refractivity contribution in [3.05, 3.63) is 95.8 Å². The molecule has 0 atom stereocenters. The summed E-state index contributed by atoms with van der Waals surface area (Å²) in [5, 5.41) is 16.8. The normalized spacial score (nSPS) is 10.4. The second-order valence-electron chi connectivity index (χ2n) is 6.61. The molecule has 1 heterocycles. The van der Waals surface area contributed by atoms with Crippen molar-refractivity contribution in [2.75, 3.05) is 10.6 Å². The smallest absolute Gasteiger partial charge is 0.255 e. The first kappa shape index (κ1) is 19.0. The van der Waals surface area contributed by atoms with E-state index in [1.807, 2.05) is 25.1 Å². The highest BCUT2D eigenvalue weighted by Gasteiger charge is 2.10. The van der Waals surface area contributed by atoms with Gasteiger partial charge in [-0.15, -0.1) is 5.10 Å². The molecule has 0 spiro atoms. The average molecular weight is 398 g/mol. The second-order valence-corrected chi connectivity index (χ2v) is 6.61. The summed E-state index contributed by atoms with van der Waals surface area (Å²) in [6.45, 7) is 1.94. The molecular weight excluding hydrogens is 380 g/mol. The predicted octanol–water partition coefficient (Wildman–Crippen LogP) is 3.48. The van der Waals surface area contributed by atoms with Gasteiger partial charge in [0.15, 0.2) is 0 Å². The van der Waals surface area contributed by atoms with Gasteiger partial charge in [-0.3, -0.25) is 9.59 Å². The molecule has 0 radical (unpaired) electrons. The van der Waals surface area contributed by atoms with Gasteiger partial charge in [0, 0.05) is 22.5 Å². The van der Waals surface area contributed by atoms with Gasteiger partial charge in [0.05, 0.1) is 5.69 Å². The second kappa shape index (κ2) is 8.36. The molecule has 0 aliphatic heterocycles. The number of carbonyl (C=O) groups is 2. The third kappa shape index (κ3) is 4.22. The summed E-state index contributed by atoms with van der Waals surface area (Å²) in [4.78, 5) is 24.8. The number of carbonyl (C=O) groups excluding carboxylic acids is 2. The number of nitrogens with zero attached hydrogens (tertiary/aromatic N) is 4. The molecule has 0 saturated carbocycles. The van der Waals surface area contributed by atoms with Gasteiger partial charge < -0.3 is 10.6 Å². The molecule has 0 fully saturated rings. The van der Waals surface area contributed by atoms with Crippen LogP contribution in [0.2, 0.25) is 0 Å². The highest BCUT2D eigenvalue weighted by atomic mass is 16.2. The van der Waals surface area contributed by atoms with Crippen molar-refractivity contribution in [3.8, 4) is 5.69 Å². The maximum Gasteiger partial charge on any atom is 0.255 e. The molecule has 1 aromatic heterocycles. The first-order valence-electron chi connectivity index (χ1n) is 9.22. The van der Waals surface area contributed by atoms with Gasteiger partial charge in [-0.05, 0) is 71.4 Å². The van der Waals surface area contributed by atoms with Crippen LogP contribution in [0.15, 0.2) is 79.1 Å². The van der Waals surface area contributed by atoms with Crippen molar-refractivity contribution in [2.45, 2.75) is 6.92 Å². The third-order valence-electron chi connectivity index (χ3n) is 4.50. The zero-order valence-electron chi connectivity index (χ0n) is 16.1. The van der Waals surface area contributed by atoms with Gasteiger partial charge in [0.25, 0.3) is 11.8 Å². The number of amides is 2. The van der Waals surface area contributed by atoms with Gasteiger partial charge in [0.1, 0.15) is 6.33 Å². The molecule has 30 heavy (non-hydrogen) atoms. The Morgan fingerprint density at radius 2 is 1.43 bits per heavy atom. The summed E-state index contributed by atoms with van der Waals surface area (Å²) in [6.07, 6.45) is 1.50. The minimum absolute atomic E-state index is 0.206. The van der Waals surface area contributed by atoms with Crippen LogP contribution in [0.4, 0.5) is 11.4 Å². The zero-order chi connectivity index (χ0) is 20.9. The van der Waals surface area contributed by atoms with E-state index in [0.717, 1.165) is 11.3 Å². The fourth-order valence-electron chi connectivity index (χ4n) is 2.91. The van der Waals surface area contributed by atoms with E-state index in [1.54, 1.807) is 54.6 Å². The van der Waals surface area contributed by atoms with Crippen molar-refractivity contribution < 1.29 is 9.59 Å². The van der Waals surface area contributed by atoms with Crippen LogP contribution >= 0.6 is 0 Å². The molecule has 8 heteroatoms. The molecule has 148 valence electrons. The summed E-state index contributed by atoms with van der Waals surface area (Å²) < 4.78 is 1.54. The van der Waals surface area contributed by atoms with Crippen LogP contribution in [0.1, 0.15) is 26.3 Å². The third-order valence-corrected chi connectivity index (χ3v) is 4.50. The number of hydrogen-bond donors (Lipinski definition) is 2. The van der Waals surface area contributed by atoms with E-state index in [9.17, 15) is 9.59 Å². The van der Waals surface area contributed by atoms with Crippen LogP contribution < -0.4 is 10.6 Å². The standard InChI is InChI=1S/C22H18N6O2/c1-15-7-10-19(13-20(15)28-14-23-26-27-28)25-22(30)17-8-11-18(12-9-17)24-21(29)16-5-3-2-4-6-16/h2-14H,1H3,(H,24,29)(H,25,30). The van der Waals surface area contributed by atoms with Gasteiger partial charge in [-0.1, -0.05) is 24.3 Å². The fraction of sp³-hybridized carbons (Fsp3) is 0.0455. The summed E-state index contributed by atoms with van der Waals surface area (Å²) >= 11 is 0. The van der Waals surface area contributed by atoms with Crippen LogP contribution in [-0.4, -0.2) is 32.0 Å². The quantitative estimate of drug-likeness (QED) is 0.536. The Labute approximate surface area is 172 Å². The van der Waals surface area contributed by atoms with Crippen LogP contribution in [0, 0.1) is 6.92 Å². The average Bonchev–Trinajstić information content (AvgIpc) is 3.31. The molecule has 2 amide bonds. The lowest BCUT2D eigenvalue weighted by molar-refractivity contribution is 0.102. The molecule has 0 aliphatic carbocycles. The molecule has 0 saturated heterocycles. The highest BCUT2D eigenvalue weighted by molar-refractivity contribution is 6.06. The Hall–Kier alpha value is -4.33. The lowest BCUT2D eigenvalue weighted by atomic mass is 10.1. The van der Waals surface area contributed by atoms with Crippen molar-refractivity contribution in [1.82, 2.24) is 20.2 Å². The van der Waals surface area contributed by atoms with E-state index in [0.29, 0.717) is 22.5 Å². The van der Waals surface area contributed by atoms with Crippen LogP contribution in [-0.2, 0) is 0 Å². The maximum absolute atomic E-state index is 12.6. The van der Waals surface area contributed by atoms with E-state index < -0.39 is 0 Å².